The maximum atomic E-state index is 15.8. The molecule has 3 aliphatic rings. The number of para-hydroxylation sites is 1. The smallest absolute Gasteiger partial charge is 0.305 e. The molecule has 3 fully saturated rings. The first-order valence-corrected chi connectivity index (χ1v) is 45.7. The number of nitrogens with zero attached hydrogens (tertiary/aromatic N) is 5. The molecule has 5 heterocycles. The third-order valence-electron chi connectivity index (χ3n) is 23.4. The molecule has 0 bridgehead atoms. The third kappa shape index (κ3) is 29.1. The van der Waals surface area contributed by atoms with Crippen molar-refractivity contribution in [2.24, 2.45) is 22.9 Å². The van der Waals surface area contributed by atoms with E-state index in [2.05, 4.69) is 58.2 Å². The van der Waals surface area contributed by atoms with Crippen LogP contribution in [0.4, 0.5) is 0 Å². The predicted molar refractivity (Wildman–Crippen MR) is 482 cm³/mol. The molecule has 8 rings (SSSR count). The van der Waals surface area contributed by atoms with Gasteiger partial charge in [-0.1, -0.05) is 88.1 Å². The molecular formula is C87H122N20O22S2. The maximum Gasteiger partial charge on any atom is 0.305 e. The number of aliphatic carboxylic acids is 2. The van der Waals surface area contributed by atoms with Crippen LogP contribution in [0.1, 0.15) is 134 Å². The van der Waals surface area contributed by atoms with Gasteiger partial charge in [0.2, 0.25) is 94.5 Å². The van der Waals surface area contributed by atoms with Gasteiger partial charge in [-0.2, -0.15) is 0 Å². The number of carboxylic acid groups (broad SMARTS) is 2. The Labute approximate surface area is 764 Å². The highest BCUT2D eigenvalue weighted by Crippen LogP contribution is 2.30. The van der Waals surface area contributed by atoms with Crippen LogP contribution in [-0.2, 0) is 106 Å². The first-order valence-electron chi connectivity index (χ1n) is 43.7. The Kier molecular flexibility index (Phi) is 39.8. The number of aromatic nitrogens is 1. The second kappa shape index (κ2) is 50.1. The summed E-state index contributed by atoms with van der Waals surface area (Å²) in [6.45, 7) is 2.45. The number of hydrogen-bond acceptors (Lipinski definition) is 25. The number of nitrogens with one attached hydrogen (secondary N) is 11. The summed E-state index contributed by atoms with van der Waals surface area (Å²) in [4.78, 5) is 268. The van der Waals surface area contributed by atoms with Gasteiger partial charge in [0.25, 0.3) is 0 Å². The number of phenols is 1. The quantitative estimate of drug-likeness (QED) is 0.0263. The number of aromatic amines is 1. The first kappa shape index (κ1) is 104. The van der Waals surface area contributed by atoms with E-state index in [-0.39, 0.29) is 89.6 Å². The van der Waals surface area contributed by atoms with Crippen molar-refractivity contribution >= 4 is 151 Å². The normalized spacial score (nSPS) is 25.1. The minimum absolute atomic E-state index is 0.00200. The fourth-order valence-corrected chi connectivity index (χ4v) is 17.8. The number of likely N-dealkylation sites (N-methyl/N-ethyl adjacent to an activating group) is 3. The number of benzene rings is 3. The second-order valence-corrected chi connectivity index (χ2v) is 34.8. The van der Waals surface area contributed by atoms with Gasteiger partial charge < -0.3 is 126 Å². The summed E-state index contributed by atoms with van der Waals surface area (Å²) in [6.07, 6.45) is -2.22. The molecule has 5 aromatic rings. The van der Waals surface area contributed by atoms with Gasteiger partial charge in [-0.3, -0.25) is 86.3 Å². The van der Waals surface area contributed by atoms with Gasteiger partial charge in [0, 0.05) is 100 Å². The summed E-state index contributed by atoms with van der Waals surface area (Å²) in [7, 11) is 3.91. The van der Waals surface area contributed by atoms with Crippen molar-refractivity contribution in [3.05, 3.63) is 101 Å². The number of thioether (sulfide) groups is 1. The zero-order valence-electron chi connectivity index (χ0n) is 74.1. The molecule has 15 atom stereocenters. The lowest BCUT2D eigenvalue weighted by molar-refractivity contribution is -0.149. The third-order valence-corrected chi connectivity index (χ3v) is 25.4. The summed E-state index contributed by atoms with van der Waals surface area (Å²) in [6, 6.07) is -2.55. The number of aliphatic hydroxyl groups is 1. The number of H-pyrrole nitrogens is 1. The van der Waals surface area contributed by atoms with Crippen LogP contribution in [0.5, 0.6) is 5.75 Å². The van der Waals surface area contributed by atoms with Crippen molar-refractivity contribution in [1.29, 1.82) is 0 Å². The van der Waals surface area contributed by atoms with Crippen molar-refractivity contribution in [1.82, 2.24) is 82.7 Å². The number of carbonyl (C=O) groups is 18. The SMILES string of the molecule is CCCC[C@H]1C(=O)N(C)[C@@H](CCCC)C(=O)N[C@@H](CCCN)C(=O)N[C@H](C(=O)NCC(N)=O)CSCC(=O)N[C@@H](Cc2ccc(O)cc2)C(=O)N(C)[C@@H](C)C(=O)N[C@@H](CC(=O)O)C(=O)N2CCC[C@H]2C(=O)N[C@@H](CN)C(=O)N[C@@H](CCC(=O)O)C(=O)N2C[C@H](O)C[C@H]2C(=O)N[C@@H](Cc2c[nH]c3ccccc23)C(=O)N[C@@H](CCN)C(=O)N[C@@H](Cc2csc3ccccc23)C(=O)N1C. The number of fused-ring (bicyclic) bond motifs is 4. The first-order chi connectivity index (χ1) is 62.4. The Hall–Kier alpha value is -12.4. The highest BCUT2D eigenvalue weighted by atomic mass is 32.2. The summed E-state index contributed by atoms with van der Waals surface area (Å²) in [5.74, 6) is -19.7. The molecule has 3 saturated heterocycles. The number of nitrogens with two attached hydrogens (primary N) is 4. The molecule has 0 aliphatic carbocycles. The minimum atomic E-state index is -1.93. The molecule has 42 nitrogen and oxygen atoms in total. The van der Waals surface area contributed by atoms with E-state index in [9.17, 15) is 73.2 Å². The lowest BCUT2D eigenvalue weighted by Crippen LogP contribution is -2.61. The number of carboxylic acids is 2. The van der Waals surface area contributed by atoms with E-state index in [1.165, 1.54) is 73.5 Å². The predicted octanol–water partition coefficient (Wildman–Crippen LogP) is -2.95. The second-order valence-electron chi connectivity index (χ2n) is 32.9. The van der Waals surface area contributed by atoms with Crippen molar-refractivity contribution in [2.75, 3.05) is 71.9 Å². The Balaban J connectivity index is 1.19. The van der Waals surface area contributed by atoms with Crippen LogP contribution in [0.3, 0.4) is 0 Å². The molecule has 131 heavy (non-hydrogen) atoms. The average molecular weight is 1860 g/mol. The summed E-state index contributed by atoms with van der Waals surface area (Å²) in [5.41, 5.74) is 25.8. The van der Waals surface area contributed by atoms with E-state index in [1.807, 2.05) is 32.0 Å². The van der Waals surface area contributed by atoms with Crippen molar-refractivity contribution in [2.45, 2.75) is 227 Å². The van der Waals surface area contributed by atoms with Crippen LogP contribution in [-0.4, -0.2) is 319 Å². The van der Waals surface area contributed by atoms with E-state index in [0.29, 0.717) is 53.3 Å². The number of hydrogen-bond donors (Lipinski definition) is 19. The summed E-state index contributed by atoms with van der Waals surface area (Å²) >= 11 is 2.12. The summed E-state index contributed by atoms with van der Waals surface area (Å²) < 4.78 is 0.824. The lowest BCUT2D eigenvalue weighted by Gasteiger charge is -2.36. The zero-order chi connectivity index (χ0) is 96.0. The van der Waals surface area contributed by atoms with Gasteiger partial charge in [-0.15, -0.1) is 23.1 Å². The maximum absolute atomic E-state index is 15.8. The molecule has 3 aromatic carbocycles. The highest BCUT2D eigenvalue weighted by molar-refractivity contribution is 8.00. The number of rotatable bonds is 26. The zero-order valence-corrected chi connectivity index (χ0v) is 75.8. The number of primary amides is 1. The van der Waals surface area contributed by atoms with Crippen LogP contribution in [0.15, 0.2) is 84.4 Å². The molecule has 2 aromatic heterocycles. The van der Waals surface area contributed by atoms with Crippen LogP contribution >= 0.6 is 23.1 Å². The Morgan fingerprint density at radius 1 is 0.527 bits per heavy atom. The van der Waals surface area contributed by atoms with Gasteiger partial charge in [0.15, 0.2) is 0 Å². The highest BCUT2D eigenvalue weighted by Gasteiger charge is 2.47. The largest absolute Gasteiger partial charge is 0.508 e. The van der Waals surface area contributed by atoms with E-state index in [1.54, 1.807) is 41.9 Å². The van der Waals surface area contributed by atoms with Crippen molar-refractivity contribution < 1.29 is 107 Å². The number of thiophene rings is 1. The fourth-order valence-electron chi connectivity index (χ4n) is 15.9. The van der Waals surface area contributed by atoms with Crippen LogP contribution in [0.25, 0.3) is 21.0 Å². The molecule has 3 aliphatic heterocycles. The monoisotopic (exact) mass is 1860 g/mol. The number of aromatic hydroxyl groups is 1. The van der Waals surface area contributed by atoms with Gasteiger partial charge in [0.1, 0.15) is 90.3 Å². The van der Waals surface area contributed by atoms with Gasteiger partial charge >= 0.3 is 11.9 Å². The lowest BCUT2D eigenvalue weighted by atomic mass is 9.99. The van der Waals surface area contributed by atoms with Crippen LogP contribution in [0, 0.1) is 0 Å². The van der Waals surface area contributed by atoms with E-state index < -0.39 is 254 Å². The Bertz CT molecular complexity index is 4920. The minimum Gasteiger partial charge on any atom is -0.508 e. The average Bonchev–Trinajstić information content (AvgIpc) is 1.07. The molecule has 16 amide bonds. The molecule has 0 saturated carbocycles. The Morgan fingerprint density at radius 3 is 1.76 bits per heavy atom. The molecule has 23 N–H and O–H groups in total. The standard InChI is InChI=1S/C87H122N20O22S2/c1-7-9-21-65-80(122)96-56(20-15-32-88)76(118)102-64(75(117)93-42-70(91)110)45-130-46-71(111)94-60(35-48-25-27-51(108)28-26-48)83(125)103(4)47(3)74(116)99-62(39-73(114)115)86(128)106-34-16-23-66(106)81(123)101-63(40-90)79(121)97-58(29-30-72(112)113)85(127)107-43-52(109)38-68(107)82(124)98-59(36-49-41-92-55-19-13-11-17-53(49)55)78(120)95-57(31-33-89)77(119)100-61(37-50-44-131-69-24-14-12-18-54(50)69)84(126)105(6)67(22-10-8-2)87(129)104(65)5/h11-14,17-19,24-28,41,44,47,52,56-68,92,108-109H,7-10,15-16,20-23,29-40,42-43,45-46,88-90H2,1-6H3,(H2,91,110)(H,93,117)(H,94,111)(H,95,120)(H,96,122)(H,97,121)(H,98,124)(H,99,116)(H,100,119)(H,101,123)(H,102,118)(H,112,113)(H,114,115)/t47-,52+,56-,57-,58-,59-,60-,61-,62-,63-,64-,65-,66-,67-,68-/m0/s1. The molecule has 0 unspecified atom stereocenters. The molecule has 0 radical (unpaired) electrons. The molecule has 44 heteroatoms. The topological polar surface area (TPSA) is 645 Å². The number of aliphatic hydroxyl groups excluding tert-OH is 1. The molecular weight excluding hydrogens is 1740 g/mol. The van der Waals surface area contributed by atoms with Crippen molar-refractivity contribution in [3.63, 3.8) is 0 Å². The molecule has 0 spiro atoms. The van der Waals surface area contributed by atoms with E-state index in [4.69, 9.17) is 22.9 Å². The van der Waals surface area contributed by atoms with E-state index in [0.717, 1.165) is 36.5 Å². The fraction of sp³-hybridized carbons (Fsp3) is 0.540. The van der Waals surface area contributed by atoms with Crippen LogP contribution in [0.2, 0.25) is 0 Å². The van der Waals surface area contributed by atoms with Gasteiger partial charge in [0.05, 0.1) is 24.8 Å². The van der Waals surface area contributed by atoms with Crippen LogP contribution < -0.4 is 76.1 Å². The van der Waals surface area contributed by atoms with Crippen molar-refractivity contribution in [3.8, 4) is 5.75 Å². The summed E-state index contributed by atoms with van der Waals surface area (Å²) in [5, 5.41) is 70.7. The Morgan fingerprint density at radius 2 is 1.09 bits per heavy atom. The number of carbonyl (C=O) groups excluding carboxylic acids is 16. The van der Waals surface area contributed by atoms with E-state index >= 15 is 33.6 Å². The van der Waals surface area contributed by atoms with Gasteiger partial charge in [-0.25, -0.2) is 0 Å². The number of phenolic OH excluding ortho intramolecular Hbond substituents is 1. The number of unbranched alkanes of at least 4 members (excludes halogenated alkanes) is 2. The number of amides is 16. The molecule has 714 valence electrons. The van der Waals surface area contributed by atoms with Gasteiger partial charge in [-0.05, 0) is 123 Å².